The lowest BCUT2D eigenvalue weighted by molar-refractivity contribution is -0.100. The van der Waals surface area contributed by atoms with Crippen LogP contribution in [0.4, 0.5) is 20.3 Å². The molecule has 8 nitrogen and oxygen atoms in total. The summed E-state index contributed by atoms with van der Waals surface area (Å²) in [6, 6.07) is 21.7. The maximum atomic E-state index is 14.3. The molecule has 10 heteroatoms. The Hall–Kier alpha value is -5.01. The first kappa shape index (κ1) is 28.5. The predicted molar refractivity (Wildman–Crippen MR) is 171 cm³/mol. The van der Waals surface area contributed by atoms with E-state index < -0.39 is 11.8 Å². The first-order chi connectivity index (χ1) is 22.2. The van der Waals surface area contributed by atoms with Crippen LogP contribution in [-0.2, 0) is 13.6 Å². The van der Waals surface area contributed by atoms with E-state index >= 15 is 0 Å². The number of aryl methyl sites for hydroxylation is 1. The van der Waals surface area contributed by atoms with Crippen LogP contribution < -0.4 is 4.90 Å². The highest BCUT2D eigenvalue weighted by atomic mass is 19.3. The number of anilines is 2. The molecule has 5 aromatic rings. The molecular formula is C36H31F2N7O. The highest BCUT2D eigenvalue weighted by molar-refractivity contribution is 6.27. The van der Waals surface area contributed by atoms with Gasteiger partial charge in [0, 0.05) is 61.6 Å². The molecule has 0 unspecified atom stereocenters. The van der Waals surface area contributed by atoms with Crippen molar-refractivity contribution in [1.29, 1.82) is 5.26 Å². The molecule has 1 atom stereocenters. The standard InChI is InChI=1S/C36H31F2N7O/c1-21-18-44(11-10-36(21,37)38)19-23-12-25-4-3-5-31-33(25)29(14-23)35(46)45(31)32-16-26(15-30(41-32)24-7-8-24)27-9-6-22(17-39)13-28(27)34-42-40-20-43(34)2/h3-6,9,12-16,20-21,24H,7-8,10-11,18-19H2,1-2H3/t21-/m1/s1. The van der Waals surface area contributed by atoms with Gasteiger partial charge in [-0.05, 0) is 77.4 Å². The zero-order valence-corrected chi connectivity index (χ0v) is 25.5. The molecule has 4 heterocycles. The lowest BCUT2D eigenvalue weighted by Crippen LogP contribution is -2.45. The largest absolute Gasteiger partial charge is 0.317 e. The molecule has 1 saturated heterocycles. The lowest BCUT2D eigenvalue weighted by Gasteiger charge is -2.36. The first-order valence-electron chi connectivity index (χ1n) is 15.6. The van der Waals surface area contributed by atoms with Gasteiger partial charge in [0.1, 0.15) is 12.1 Å². The van der Waals surface area contributed by atoms with Gasteiger partial charge in [-0.3, -0.25) is 14.6 Å². The molecule has 0 spiro atoms. The van der Waals surface area contributed by atoms with E-state index in [0.717, 1.165) is 57.2 Å². The average Bonchev–Trinajstić information content (AvgIpc) is 3.76. The van der Waals surface area contributed by atoms with Crippen molar-refractivity contribution in [1.82, 2.24) is 24.6 Å². The van der Waals surface area contributed by atoms with E-state index in [9.17, 15) is 18.8 Å². The number of alkyl halides is 2. The normalized spacial score (nSPS) is 19.2. The number of hydrogen-bond donors (Lipinski definition) is 0. The maximum Gasteiger partial charge on any atom is 0.264 e. The Morgan fingerprint density at radius 2 is 1.89 bits per heavy atom. The lowest BCUT2D eigenvalue weighted by atomic mass is 9.94. The van der Waals surface area contributed by atoms with E-state index in [1.807, 2.05) is 54.1 Å². The summed E-state index contributed by atoms with van der Waals surface area (Å²) in [5.74, 6) is -2.04. The summed E-state index contributed by atoms with van der Waals surface area (Å²) in [5.41, 5.74) is 6.25. The third kappa shape index (κ3) is 4.74. The number of halogens is 2. The second kappa shape index (κ2) is 10.5. The number of carbonyl (C=O) groups is 1. The van der Waals surface area contributed by atoms with Crippen molar-refractivity contribution in [2.24, 2.45) is 13.0 Å². The zero-order valence-electron chi connectivity index (χ0n) is 25.5. The Labute approximate surface area is 264 Å². The van der Waals surface area contributed by atoms with Crippen LogP contribution in [0.15, 0.2) is 67.0 Å². The molecule has 230 valence electrons. The van der Waals surface area contributed by atoms with Gasteiger partial charge in [-0.1, -0.05) is 25.1 Å². The van der Waals surface area contributed by atoms with Gasteiger partial charge < -0.3 is 4.57 Å². The number of likely N-dealkylation sites (tertiary alicyclic amines) is 1. The van der Waals surface area contributed by atoms with Crippen LogP contribution in [0, 0.1) is 17.2 Å². The molecular weight excluding hydrogens is 584 g/mol. The second-order valence-electron chi connectivity index (χ2n) is 12.9. The van der Waals surface area contributed by atoms with Crippen molar-refractivity contribution in [2.45, 2.75) is 44.6 Å². The number of benzene rings is 3. The van der Waals surface area contributed by atoms with Gasteiger partial charge in [-0.2, -0.15) is 5.26 Å². The molecule has 0 bridgehead atoms. The minimum atomic E-state index is -2.65. The Morgan fingerprint density at radius 1 is 1.04 bits per heavy atom. The number of nitriles is 1. The predicted octanol–water partition coefficient (Wildman–Crippen LogP) is 7.22. The monoisotopic (exact) mass is 615 g/mol. The average molecular weight is 616 g/mol. The van der Waals surface area contributed by atoms with E-state index in [4.69, 9.17) is 4.98 Å². The molecule has 3 aromatic carbocycles. The SMILES string of the molecule is C[C@@H]1CN(Cc2cc3c4c(cccc4c2)N(c2cc(-c4ccc(C#N)cc4-c4nncn4C)cc(C4CC4)n2)C3=O)CCC1(F)F. The van der Waals surface area contributed by atoms with Gasteiger partial charge in [-0.25, -0.2) is 13.8 Å². The fraction of sp³-hybridized carbons (Fsp3) is 0.306. The number of hydrogen-bond acceptors (Lipinski definition) is 6. The number of rotatable bonds is 6. The Bertz CT molecular complexity index is 2090. The molecule has 1 saturated carbocycles. The molecule has 2 fully saturated rings. The molecule has 0 N–H and O–H groups in total. The summed E-state index contributed by atoms with van der Waals surface area (Å²) >= 11 is 0. The highest BCUT2D eigenvalue weighted by Crippen LogP contribution is 2.46. The van der Waals surface area contributed by atoms with Crippen molar-refractivity contribution in [2.75, 3.05) is 18.0 Å². The van der Waals surface area contributed by atoms with Crippen LogP contribution in [0.5, 0.6) is 0 Å². The molecule has 2 aliphatic heterocycles. The summed E-state index contributed by atoms with van der Waals surface area (Å²) in [5, 5.41) is 19.8. The van der Waals surface area contributed by atoms with Crippen molar-refractivity contribution in [3.05, 3.63) is 89.4 Å². The van der Waals surface area contributed by atoms with Crippen molar-refractivity contribution in [3.63, 3.8) is 0 Å². The summed E-state index contributed by atoms with van der Waals surface area (Å²) in [7, 11) is 1.86. The molecule has 46 heavy (non-hydrogen) atoms. The summed E-state index contributed by atoms with van der Waals surface area (Å²) in [6.45, 7) is 2.73. The summed E-state index contributed by atoms with van der Waals surface area (Å²) in [4.78, 5) is 23.1. The molecule has 1 amide bonds. The van der Waals surface area contributed by atoms with Gasteiger partial charge >= 0.3 is 0 Å². The third-order valence-corrected chi connectivity index (χ3v) is 9.58. The molecule has 3 aliphatic rings. The number of carbonyl (C=O) groups excluding carboxylic acids is 1. The second-order valence-corrected chi connectivity index (χ2v) is 12.9. The fourth-order valence-electron chi connectivity index (χ4n) is 6.91. The minimum Gasteiger partial charge on any atom is -0.317 e. The van der Waals surface area contributed by atoms with Gasteiger partial charge in [-0.15, -0.1) is 10.2 Å². The summed E-state index contributed by atoms with van der Waals surface area (Å²) in [6.07, 6.45) is 3.54. The highest BCUT2D eigenvalue weighted by Gasteiger charge is 2.41. The van der Waals surface area contributed by atoms with Crippen LogP contribution >= 0.6 is 0 Å². The van der Waals surface area contributed by atoms with Crippen LogP contribution in [-0.4, -0.2) is 49.6 Å². The molecule has 2 aromatic heterocycles. The van der Waals surface area contributed by atoms with E-state index in [2.05, 4.69) is 33.3 Å². The van der Waals surface area contributed by atoms with Gasteiger partial charge in [0.25, 0.3) is 11.8 Å². The number of amides is 1. The zero-order chi connectivity index (χ0) is 31.7. The van der Waals surface area contributed by atoms with E-state index in [-0.39, 0.29) is 12.3 Å². The fourth-order valence-corrected chi connectivity index (χ4v) is 6.91. The molecule has 1 aliphatic carbocycles. The van der Waals surface area contributed by atoms with Crippen LogP contribution in [0.25, 0.3) is 33.3 Å². The smallest absolute Gasteiger partial charge is 0.264 e. The summed E-state index contributed by atoms with van der Waals surface area (Å²) < 4.78 is 30.1. The van der Waals surface area contributed by atoms with Crippen LogP contribution in [0.2, 0.25) is 0 Å². The number of aromatic nitrogens is 4. The maximum absolute atomic E-state index is 14.3. The molecule has 8 rings (SSSR count). The topological polar surface area (TPSA) is 90.9 Å². The number of nitrogens with zero attached hydrogens (tertiary/aromatic N) is 7. The van der Waals surface area contributed by atoms with Crippen LogP contribution in [0.1, 0.15) is 59.3 Å². The Kier molecular flexibility index (Phi) is 6.51. The van der Waals surface area contributed by atoms with Crippen molar-refractivity contribution in [3.8, 4) is 28.6 Å². The number of pyridine rings is 1. The minimum absolute atomic E-state index is 0.158. The Morgan fingerprint density at radius 3 is 2.63 bits per heavy atom. The quantitative estimate of drug-likeness (QED) is 0.200. The van der Waals surface area contributed by atoms with Crippen molar-refractivity contribution < 1.29 is 13.6 Å². The van der Waals surface area contributed by atoms with E-state index in [1.165, 1.54) is 0 Å². The van der Waals surface area contributed by atoms with Crippen LogP contribution in [0.3, 0.4) is 0 Å². The van der Waals surface area contributed by atoms with Gasteiger partial charge in [0.05, 0.1) is 22.9 Å². The van der Waals surface area contributed by atoms with E-state index in [0.29, 0.717) is 48.3 Å². The molecule has 0 radical (unpaired) electrons. The van der Waals surface area contributed by atoms with Gasteiger partial charge in [0.2, 0.25) is 0 Å². The van der Waals surface area contributed by atoms with Crippen molar-refractivity contribution >= 4 is 28.2 Å². The third-order valence-electron chi connectivity index (χ3n) is 9.58. The Balaban J connectivity index is 1.21. The van der Waals surface area contributed by atoms with Gasteiger partial charge in [0.15, 0.2) is 5.82 Å². The van der Waals surface area contributed by atoms with E-state index in [1.54, 1.807) is 24.2 Å². The number of piperidine rings is 1. The first-order valence-corrected chi connectivity index (χ1v) is 15.6.